The average Bonchev–Trinajstić information content (AvgIpc) is 3.11. The van der Waals surface area contributed by atoms with Crippen molar-refractivity contribution in [1.29, 1.82) is 0 Å². The zero-order valence-corrected chi connectivity index (χ0v) is 29.7. The molecule has 29 heavy (non-hydrogen) atoms. The molecule has 0 atom stereocenters. The standard InChI is InChI=1S/2C6H19NSi2.2C4H8O.Sr/c2*1-8(2,3)7-9(4,5)6;2*1-2-4-5-3-1;/h2*7H,1-6H3;2*1-4H2;. The summed E-state index contributed by atoms with van der Waals surface area (Å²) in [7, 11) is -3.92. The van der Waals surface area contributed by atoms with Gasteiger partial charge in [0.15, 0.2) is 0 Å². The Balaban J connectivity index is -0.000000316. The van der Waals surface area contributed by atoms with E-state index in [4.69, 9.17) is 9.47 Å². The van der Waals surface area contributed by atoms with Crippen LogP contribution >= 0.6 is 0 Å². The van der Waals surface area contributed by atoms with Crippen LogP contribution in [0.4, 0.5) is 0 Å². The Morgan fingerprint density at radius 1 is 0.414 bits per heavy atom. The van der Waals surface area contributed by atoms with Gasteiger partial charge >= 0.3 is 0 Å². The molecule has 2 rings (SSSR count). The molecule has 2 saturated heterocycles. The van der Waals surface area contributed by atoms with E-state index in [1.54, 1.807) is 0 Å². The Hall–Kier alpha value is 2.19. The fourth-order valence-electron chi connectivity index (χ4n) is 3.27. The fourth-order valence-corrected chi connectivity index (χ4v) is 21.3. The third-order valence-electron chi connectivity index (χ3n) is 3.15. The minimum Gasteiger partial charge on any atom is -0.381 e. The van der Waals surface area contributed by atoms with Crippen LogP contribution in [0, 0.1) is 0 Å². The minimum absolute atomic E-state index is 0. The van der Waals surface area contributed by atoms with Crippen molar-refractivity contribution in [1.82, 2.24) is 9.30 Å². The molecule has 2 fully saturated rings. The van der Waals surface area contributed by atoms with Gasteiger partial charge in [-0.1, -0.05) is 78.6 Å². The third-order valence-corrected chi connectivity index (χ3v) is 15.2. The van der Waals surface area contributed by atoms with Gasteiger partial charge in [0, 0.05) is 71.9 Å². The van der Waals surface area contributed by atoms with Gasteiger partial charge in [-0.15, -0.1) is 0 Å². The molecule has 2 heterocycles. The van der Waals surface area contributed by atoms with Crippen LogP contribution in [0.5, 0.6) is 0 Å². The fraction of sp³-hybridized carbons (Fsp3) is 1.00. The van der Waals surface area contributed by atoms with Crippen molar-refractivity contribution in [2.75, 3.05) is 26.4 Å². The Labute approximate surface area is 225 Å². The molecule has 0 aromatic rings. The molecular weight excluding hydrogens is 500 g/mol. The van der Waals surface area contributed by atoms with Crippen molar-refractivity contribution >= 4 is 78.4 Å². The van der Waals surface area contributed by atoms with E-state index >= 15 is 0 Å². The van der Waals surface area contributed by atoms with Crippen LogP contribution < -0.4 is 9.30 Å². The van der Waals surface area contributed by atoms with E-state index in [2.05, 4.69) is 87.9 Å². The van der Waals surface area contributed by atoms with Crippen molar-refractivity contribution in [3.8, 4) is 0 Å². The number of ether oxygens (including phenoxy) is 2. The number of hydrogen-bond acceptors (Lipinski definition) is 4. The molecule has 2 aliphatic heterocycles. The topological polar surface area (TPSA) is 42.5 Å². The monoisotopic (exact) mass is 554 g/mol. The zero-order valence-electron chi connectivity index (χ0n) is 22.2. The SMILES string of the molecule is C1CCOC1.C1CCOC1.C[Si](C)(C)N[Si](C)(C)C.C[Si](C)(C)N[Si](C)(C)C.[Sr]. The van der Waals surface area contributed by atoms with E-state index in [0.29, 0.717) is 0 Å². The minimum atomic E-state index is -0.981. The predicted octanol–water partition coefficient (Wildman–Crippen LogP) is 5.70. The van der Waals surface area contributed by atoms with Crippen LogP contribution in [0.15, 0.2) is 0 Å². The molecule has 0 saturated carbocycles. The van der Waals surface area contributed by atoms with Gasteiger partial charge in [-0.3, -0.25) is 0 Å². The molecule has 0 bridgehead atoms. The van der Waals surface area contributed by atoms with Crippen LogP contribution in [-0.4, -0.2) is 105 Å². The molecule has 2 N–H and O–H groups in total. The first kappa shape index (κ1) is 35.8. The van der Waals surface area contributed by atoms with Gasteiger partial charge in [-0.25, -0.2) is 0 Å². The summed E-state index contributed by atoms with van der Waals surface area (Å²) in [5.74, 6) is 0. The molecule has 4 nitrogen and oxygen atoms in total. The quantitative estimate of drug-likeness (QED) is 0.438. The van der Waals surface area contributed by atoms with E-state index in [1.165, 1.54) is 25.7 Å². The molecular formula is C20H54N2O2Si4Sr. The molecule has 0 spiro atoms. The summed E-state index contributed by atoms with van der Waals surface area (Å²) in [5.41, 5.74) is 0. The maximum Gasteiger partial charge on any atom is 0.109 e. The Morgan fingerprint density at radius 3 is 0.621 bits per heavy atom. The number of nitrogens with one attached hydrogen (secondary N) is 2. The van der Waals surface area contributed by atoms with Crippen molar-refractivity contribution in [3.05, 3.63) is 0 Å². The van der Waals surface area contributed by atoms with Gasteiger partial charge in [0.25, 0.3) is 0 Å². The van der Waals surface area contributed by atoms with Gasteiger partial charge in [0.1, 0.15) is 32.9 Å². The van der Waals surface area contributed by atoms with Crippen molar-refractivity contribution in [2.45, 2.75) is 104 Å². The smallest absolute Gasteiger partial charge is 0.109 e. The second-order valence-corrected chi connectivity index (χ2v) is 31.9. The number of hydrogen-bond donors (Lipinski definition) is 2. The average molecular weight is 555 g/mol. The Kier molecular flexibility index (Phi) is 21.8. The molecule has 2 radical (unpaired) electrons. The first-order valence-electron chi connectivity index (χ1n) is 11.2. The van der Waals surface area contributed by atoms with E-state index in [0.717, 1.165) is 26.4 Å². The summed E-state index contributed by atoms with van der Waals surface area (Å²) in [6.07, 6.45) is 5.11. The van der Waals surface area contributed by atoms with Crippen LogP contribution in [-0.2, 0) is 9.47 Å². The first-order chi connectivity index (χ1) is 12.4. The van der Waals surface area contributed by atoms with Crippen molar-refractivity contribution in [3.63, 3.8) is 0 Å². The van der Waals surface area contributed by atoms with Crippen molar-refractivity contribution < 1.29 is 9.47 Å². The van der Waals surface area contributed by atoms with E-state index in [1.807, 2.05) is 0 Å². The van der Waals surface area contributed by atoms with Crippen LogP contribution in [0.2, 0.25) is 78.6 Å². The summed E-state index contributed by atoms with van der Waals surface area (Å²) in [5, 5.41) is 0. The van der Waals surface area contributed by atoms with Crippen LogP contribution in [0.25, 0.3) is 0 Å². The normalized spacial score (nSPS) is 17.0. The van der Waals surface area contributed by atoms with Gasteiger partial charge in [-0.2, -0.15) is 0 Å². The second-order valence-electron chi connectivity index (χ2n) is 11.9. The van der Waals surface area contributed by atoms with E-state index < -0.39 is 32.9 Å². The molecule has 0 unspecified atom stereocenters. The summed E-state index contributed by atoms with van der Waals surface area (Å²) in [6, 6.07) is 0. The Bertz CT molecular complexity index is 293. The summed E-state index contributed by atoms with van der Waals surface area (Å²) < 4.78 is 17.4. The third kappa shape index (κ3) is 41.0. The Morgan fingerprint density at radius 2 is 0.586 bits per heavy atom. The molecule has 0 aromatic heterocycles. The molecule has 174 valence electrons. The zero-order chi connectivity index (χ0) is 22.5. The van der Waals surface area contributed by atoms with Gasteiger partial charge in [-0.05, 0) is 25.7 Å². The maximum absolute atomic E-state index is 4.94. The van der Waals surface area contributed by atoms with Crippen LogP contribution in [0.1, 0.15) is 25.7 Å². The summed E-state index contributed by atoms with van der Waals surface area (Å²) >= 11 is 0. The van der Waals surface area contributed by atoms with Gasteiger partial charge < -0.3 is 18.8 Å². The van der Waals surface area contributed by atoms with E-state index in [-0.39, 0.29) is 45.5 Å². The largest absolute Gasteiger partial charge is 0.381 e. The van der Waals surface area contributed by atoms with Crippen molar-refractivity contribution in [2.24, 2.45) is 0 Å². The molecule has 0 aromatic carbocycles. The van der Waals surface area contributed by atoms with Gasteiger partial charge in [0.05, 0.1) is 0 Å². The molecule has 0 amide bonds. The second kappa shape index (κ2) is 17.6. The number of rotatable bonds is 4. The summed E-state index contributed by atoms with van der Waals surface area (Å²) in [4.78, 5) is 0. The first-order valence-corrected chi connectivity index (χ1v) is 25.2. The van der Waals surface area contributed by atoms with Gasteiger partial charge in [0.2, 0.25) is 0 Å². The molecule has 2 aliphatic rings. The predicted molar refractivity (Wildman–Crippen MR) is 146 cm³/mol. The molecule has 0 aliphatic carbocycles. The van der Waals surface area contributed by atoms with Crippen LogP contribution in [0.3, 0.4) is 0 Å². The molecule has 9 heteroatoms. The van der Waals surface area contributed by atoms with E-state index in [9.17, 15) is 0 Å². The summed E-state index contributed by atoms with van der Waals surface area (Å²) in [6.45, 7) is 32.2. The maximum atomic E-state index is 4.94.